The second-order valence-corrected chi connectivity index (χ2v) is 4.70. The number of pyridine rings is 1. The maximum Gasteiger partial charge on any atom is 0.255 e. The molecular formula is C12H18ClN3O. The Morgan fingerprint density at radius 3 is 2.82 bits per heavy atom. The number of amides is 1. The number of carbonyl (C=O) groups excluding carboxylic acids is 1. The van der Waals surface area contributed by atoms with Crippen molar-refractivity contribution in [2.75, 3.05) is 19.3 Å². The van der Waals surface area contributed by atoms with Crippen LogP contribution in [-0.2, 0) is 0 Å². The SMILES string of the molecule is CCC(C)CN(C)C(=O)c1cnc(N)c(Cl)c1. The molecule has 1 heterocycles. The van der Waals surface area contributed by atoms with Gasteiger partial charge in [-0.2, -0.15) is 0 Å². The fraction of sp³-hybridized carbons (Fsp3) is 0.500. The first-order valence-corrected chi connectivity index (χ1v) is 6.00. The van der Waals surface area contributed by atoms with Crippen LogP contribution in [0.5, 0.6) is 0 Å². The molecule has 4 nitrogen and oxygen atoms in total. The van der Waals surface area contributed by atoms with Crippen LogP contribution in [0.2, 0.25) is 5.02 Å². The number of anilines is 1. The molecule has 0 spiro atoms. The molecule has 0 aliphatic carbocycles. The minimum absolute atomic E-state index is 0.0836. The van der Waals surface area contributed by atoms with Crippen LogP contribution >= 0.6 is 11.6 Å². The molecule has 0 aromatic carbocycles. The van der Waals surface area contributed by atoms with Gasteiger partial charge in [-0.15, -0.1) is 0 Å². The van der Waals surface area contributed by atoms with Gasteiger partial charge >= 0.3 is 0 Å². The molecule has 1 atom stereocenters. The molecule has 1 rings (SSSR count). The van der Waals surface area contributed by atoms with Crippen LogP contribution in [-0.4, -0.2) is 29.4 Å². The van der Waals surface area contributed by atoms with Gasteiger partial charge in [-0.3, -0.25) is 4.79 Å². The van der Waals surface area contributed by atoms with E-state index in [-0.39, 0.29) is 11.7 Å². The summed E-state index contributed by atoms with van der Waals surface area (Å²) in [4.78, 5) is 17.6. The minimum atomic E-state index is -0.0836. The van der Waals surface area contributed by atoms with Crippen LogP contribution in [0.1, 0.15) is 30.6 Å². The molecule has 1 unspecified atom stereocenters. The second kappa shape index (κ2) is 5.87. The van der Waals surface area contributed by atoms with E-state index in [9.17, 15) is 4.79 Å². The predicted molar refractivity (Wildman–Crippen MR) is 70.1 cm³/mol. The van der Waals surface area contributed by atoms with Gasteiger partial charge in [-0.25, -0.2) is 4.98 Å². The number of nitrogen functional groups attached to an aromatic ring is 1. The monoisotopic (exact) mass is 255 g/mol. The number of rotatable bonds is 4. The first kappa shape index (κ1) is 13.8. The topological polar surface area (TPSA) is 59.2 Å². The third-order valence-corrected chi connectivity index (χ3v) is 3.05. The zero-order valence-electron chi connectivity index (χ0n) is 10.4. The van der Waals surface area contributed by atoms with E-state index in [1.54, 1.807) is 18.0 Å². The Bertz CT molecular complexity index is 409. The van der Waals surface area contributed by atoms with Gasteiger partial charge in [0, 0.05) is 19.8 Å². The third kappa shape index (κ3) is 3.60. The van der Waals surface area contributed by atoms with Crippen LogP contribution < -0.4 is 5.73 Å². The van der Waals surface area contributed by atoms with E-state index in [1.807, 2.05) is 0 Å². The minimum Gasteiger partial charge on any atom is -0.382 e. The first-order chi connectivity index (χ1) is 7.95. The molecular weight excluding hydrogens is 238 g/mol. The van der Waals surface area contributed by atoms with E-state index in [4.69, 9.17) is 17.3 Å². The lowest BCUT2D eigenvalue weighted by molar-refractivity contribution is 0.0774. The molecule has 0 bridgehead atoms. The van der Waals surface area contributed by atoms with Gasteiger partial charge in [-0.1, -0.05) is 31.9 Å². The van der Waals surface area contributed by atoms with Crippen molar-refractivity contribution in [2.24, 2.45) is 5.92 Å². The molecule has 2 N–H and O–H groups in total. The van der Waals surface area contributed by atoms with Crippen LogP contribution in [0.15, 0.2) is 12.3 Å². The van der Waals surface area contributed by atoms with Crippen molar-refractivity contribution in [3.8, 4) is 0 Å². The summed E-state index contributed by atoms with van der Waals surface area (Å²) < 4.78 is 0. The molecule has 94 valence electrons. The number of nitrogens with zero attached hydrogens (tertiary/aromatic N) is 2. The first-order valence-electron chi connectivity index (χ1n) is 5.62. The van der Waals surface area contributed by atoms with E-state index in [0.29, 0.717) is 16.5 Å². The quantitative estimate of drug-likeness (QED) is 0.899. The van der Waals surface area contributed by atoms with E-state index >= 15 is 0 Å². The highest BCUT2D eigenvalue weighted by atomic mass is 35.5. The number of halogens is 1. The number of carbonyl (C=O) groups is 1. The van der Waals surface area contributed by atoms with Gasteiger partial charge in [0.2, 0.25) is 0 Å². The molecule has 1 aromatic rings. The summed E-state index contributed by atoms with van der Waals surface area (Å²) in [5.41, 5.74) is 5.97. The lowest BCUT2D eigenvalue weighted by Crippen LogP contribution is -2.31. The zero-order valence-corrected chi connectivity index (χ0v) is 11.2. The van der Waals surface area contributed by atoms with Crippen molar-refractivity contribution < 1.29 is 4.79 Å². The predicted octanol–water partition coefficient (Wildman–Crippen LogP) is 2.44. The maximum absolute atomic E-state index is 12.0. The molecule has 0 saturated heterocycles. The summed E-state index contributed by atoms with van der Waals surface area (Å²) in [5.74, 6) is 0.633. The van der Waals surface area contributed by atoms with Gasteiger partial charge in [0.25, 0.3) is 5.91 Å². The molecule has 0 aliphatic rings. The van der Waals surface area contributed by atoms with Gasteiger partial charge in [0.1, 0.15) is 5.82 Å². The van der Waals surface area contributed by atoms with E-state index in [1.165, 1.54) is 6.20 Å². The van der Waals surface area contributed by atoms with Gasteiger partial charge in [0.15, 0.2) is 0 Å². The van der Waals surface area contributed by atoms with E-state index in [2.05, 4.69) is 18.8 Å². The summed E-state index contributed by atoms with van der Waals surface area (Å²) in [5, 5.41) is 0.313. The summed E-state index contributed by atoms with van der Waals surface area (Å²) in [6.45, 7) is 4.93. The Balaban J connectivity index is 2.78. The number of nitrogens with two attached hydrogens (primary N) is 1. The fourth-order valence-electron chi connectivity index (χ4n) is 1.47. The van der Waals surface area contributed by atoms with Crippen LogP contribution in [0.3, 0.4) is 0 Å². The van der Waals surface area contributed by atoms with Crippen LogP contribution in [0.4, 0.5) is 5.82 Å². The lowest BCUT2D eigenvalue weighted by atomic mass is 10.1. The van der Waals surface area contributed by atoms with Crippen LogP contribution in [0, 0.1) is 5.92 Å². The summed E-state index contributed by atoms with van der Waals surface area (Å²) >= 11 is 5.84. The Morgan fingerprint density at radius 1 is 1.65 bits per heavy atom. The smallest absolute Gasteiger partial charge is 0.255 e. The number of aromatic nitrogens is 1. The highest BCUT2D eigenvalue weighted by Gasteiger charge is 2.15. The second-order valence-electron chi connectivity index (χ2n) is 4.29. The number of hydrogen-bond donors (Lipinski definition) is 1. The van der Waals surface area contributed by atoms with Crippen molar-refractivity contribution in [3.05, 3.63) is 22.8 Å². The summed E-state index contributed by atoms with van der Waals surface area (Å²) in [6.07, 6.45) is 2.50. The van der Waals surface area contributed by atoms with Crippen molar-refractivity contribution in [1.29, 1.82) is 0 Å². The molecule has 0 aliphatic heterocycles. The Labute approximate surface area is 107 Å². The average Bonchev–Trinajstić information content (AvgIpc) is 2.31. The summed E-state index contributed by atoms with van der Waals surface area (Å²) in [6, 6.07) is 1.55. The highest BCUT2D eigenvalue weighted by Crippen LogP contribution is 2.18. The molecule has 1 amide bonds. The lowest BCUT2D eigenvalue weighted by Gasteiger charge is -2.20. The molecule has 5 heteroatoms. The largest absolute Gasteiger partial charge is 0.382 e. The van der Waals surface area contributed by atoms with Gasteiger partial charge in [0.05, 0.1) is 10.6 Å². The summed E-state index contributed by atoms with van der Waals surface area (Å²) in [7, 11) is 1.78. The molecule has 0 fully saturated rings. The van der Waals surface area contributed by atoms with Crippen molar-refractivity contribution in [2.45, 2.75) is 20.3 Å². The Hall–Kier alpha value is -1.29. The molecule has 0 radical (unpaired) electrons. The zero-order chi connectivity index (χ0) is 13.0. The van der Waals surface area contributed by atoms with E-state index < -0.39 is 0 Å². The normalized spacial score (nSPS) is 12.2. The average molecular weight is 256 g/mol. The number of hydrogen-bond acceptors (Lipinski definition) is 3. The Kier molecular flexibility index (Phi) is 4.75. The maximum atomic E-state index is 12.0. The van der Waals surface area contributed by atoms with Crippen LogP contribution in [0.25, 0.3) is 0 Å². The standard InChI is InChI=1S/C12H18ClN3O/c1-4-8(2)7-16(3)12(17)9-5-10(13)11(14)15-6-9/h5-6,8H,4,7H2,1-3H3,(H2,14,15). The van der Waals surface area contributed by atoms with Crippen molar-refractivity contribution in [3.63, 3.8) is 0 Å². The highest BCUT2D eigenvalue weighted by molar-refractivity contribution is 6.33. The van der Waals surface area contributed by atoms with Gasteiger partial charge in [-0.05, 0) is 12.0 Å². The molecule has 0 saturated carbocycles. The third-order valence-electron chi connectivity index (χ3n) is 2.75. The Morgan fingerprint density at radius 2 is 2.29 bits per heavy atom. The van der Waals surface area contributed by atoms with E-state index in [0.717, 1.165) is 13.0 Å². The fourth-order valence-corrected chi connectivity index (χ4v) is 1.63. The van der Waals surface area contributed by atoms with Crippen molar-refractivity contribution in [1.82, 2.24) is 9.88 Å². The van der Waals surface area contributed by atoms with Crippen molar-refractivity contribution >= 4 is 23.3 Å². The molecule has 17 heavy (non-hydrogen) atoms. The van der Waals surface area contributed by atoms with Gasteiger partial charge < -0.3 is 10.6 Å². The molecule has 1 aromatic heterocycles.